The Morgan fingerprint density at radius 1 is 1.05 bits per heavy atom. The van der Waals surface area contributed by atoms with E-state index in [2.05, 4.69) is 41.5 Å². The lowest BCUT2D eigenvalue weighted by atomic mass is 9.97. The molecule has 42 heavy (non-hydrogen) atoms. The van der Waals surface area contributed by atoms with Crippen LogP contribution in [0.1, 0.15) is 48.1 Å². The van der Waals surface area contributed by atoms with Crippen LogP contribution >= 0.6 is 11.8 Å². The molecule has 0 unspecified atom stereocenters. The SMILES string of the molecule is CCc1ccc([C@@H]2CC(c3ccc(OC)cc3)=NN2C2=NC(=O)[C@H](CC(=O)N[C@H](Cc3ccccc3)C(=O)O)S2)cc1. The van der Waals surface area contributed by atoms with Crippen molar-refractivity contribution in [3.05, 3.63) is 101 Å². The van der Waals surface area contributed by atoms with Crippen LogP contribution in [-0.4, -0.2) is 57.2 Å². The number of aryl methyl sites for hydroxylation is 1. The van der Waals surface area contributed by atoms with E-state index in [1.54, 1.807) is 12.1 Å². The van der Waals surface area contributed by atoms with Crippen LogP contribution in [0.5, 0.6) is 5.75 Å². The molecular formula is C32H32N4O5S. The lowest BCUT2D eigenvalue weighted by Gasteiger charge is -2.23. The van der Waals surface area contributed by atoms with Gasteiger partial charge in [-0.2, -0.15) is 10.1 Å². The number of amides is 2. The number of aliphatic carboxylic acids is 1. The molecule has 3 aromatic rings. The molecule has 216 valence electrons. The first-order valence-corrected chi connectivity index (χ1v) is 14.7. The molecule has 0 aliphatic carbocycles. The fourth-order valence-electron chi connectivity index (χ4n) is 4.96. The molecule has 10 heteroatoms. The third-order valence-corrected chi connectivity index (χ3v) is 8.46. The number of amidine groups is 1. The molecule has 9 nitrogen and oxygen atoms in total. The number of carbonyl (C=O) groups excluding carboxylic acids is 2. The number of rotatable bonds is 10. The highest BCUT2D eigenvalue weighted by molar-refractivity contribution is 8.15. The molecular weight excluding hydrogens is 552 g/mol. The summed E-state index contributed by atoms with van der Waals surface area (Å²) < 4.78 is 5.29. The summed E-state index contributed by atoms with van der Waals surface area (Å²) in [6.45, 7) is 2.11. The second kappa shape index (κ2) is 13.0. The Kier molecular flexibility index (Phi) is 9.02. The molecule has 0 saturated carbocycles. The Bertz CT molecular complexity index is 1510. The standard InChI is InChI=1S/C32H32N4O5S/c1-3-20-9-11-23(12-10-20)27-18-25(22-13-15-24(41-2)16-14-22)35-36(27)32-34-30(38)28(42-32)19-29(37)33-26(31(39)40)17-21-7-5-4-6-8-21/h4-16,26-28H,3,17-19H2,1-2H3,(H,33,37)(H,39,40)/t26-,27+,28+/m1/s1. The van der Waals surface area contributed by atoms with Gasteiger partial charge in [0.1, 0.15) is 17.0 Å². The predicted octanol–water partition coefficient (Wildman–Crippen LogP) is 4.61. The molecule has 0 bridgehead atoms. The van der Waals surface area contributed by atoms with Crippen LogP contribution < -0.4 is 10.1 Å². The number of hydrazone groups is 1. The summed E-state index contributed by atoms with van der Waals surface area (Å²) in [5.41, 5.74) is 4.85. The Morgan fingerprint density at radius 3 is 2.40 bits per heavy atom. The molecule has 0 spiro atoms. The summed E-state index contributed by atoms with van der Waals surface area (Å²) >= 11 is 1.18. The van der Waals surface area contributed by atoms with Gasteiger partial charge in [-0.3, -0.25) is 9.59 Å². The van der Waals surface area contributed by atoms with E-state index in [1.807, 2.05) is 54.6 Å². The summed E-state index contributed by atoms with van der Waals surface area (Å²) in [6, 6.07) is 23.8. The van der Waals surface area contributed by atoms with Crippen LogP contribution in [0.15, 0.2) is 89.0 Å². The highest BCUT2D eigenvalue weighted by Gasteiger charge is 2.39. The molecule has 0 saturated heterocycles. The smallest absolute Gasteiger partial charge is 0.326 e. The van der Waals surface area contributed by atoms with Crippen molar-refractivity contribution in [3.8, 4) is 5.75 Å². The van der Waals surface area contributed by atoms with Crippen molar-refractivity contribution in [2.24, 2.45) is 10.1 Å². The molecule has 3 atom stereocenters. The third kappa shape index (κ3) is 6.71. The summed E-state index contributed by atoms with van der Waals surface area (Å²) in [4.78, 5) is 41.9. The minimum Gasteiger partial charge on any atom is -0.497 e. The van der Waals surface area contributed by atoms with Gasteiger partial charge in [-0.1, -0.05) is 73.3 Å². The number of carboxylic acids is 1. The molecule has 2 amide bonds. The average molecular weight is 585 g/mol. The minimum absolute atomic E-state index is 0.143. The van der Waals surface area contributed by atoms with Crippen molar-refractivity contribution >= 4 is 40.4 Å². The van der Waals surface area contributed by atoms with Gasteiger partial charge in [0.2, 0.25) is 5.91 Å². The molecule has 2 aliphatic heterocycles. The fourth-order valence-corrected chi connectivity index (χ4v) is 6.02. The number of methoxy groups -OCH3 is 1. The largest absolute Gasteiger partial charge is 0.497 e. The topological polar surface area (TPSA) is 121 Å². The normalized spacial score (nSPS) is 18.8. The highest BCUT2D eigenvalue weighted by atomic mass is 32.2. The van der Waals surface area contributed by atoms with Crippen LogP contribution in [0.25, 0.3) is 0 Å². The first kappa shape index (κ1) is 29.1. The summed E-state index contributed by atoms with van der Waals surface area (Å²) in [6.07, 6.45) is 1.49. The van der Waals surface area contributed by atoms with E-state index in [0.717, 1.165) is 34.6 Å². The maximum Gasteiger partial charge on any atom is 0.326 e. The molecule has 2 heterocycles. The lowest BCUT2D eigenvalue weighted by molar-refractivity contribution is -0.141. The third-order valence-electron chi connectivity index (χ3n) is 7.32. The van der Waals surface area contributed by atoms with Crippen LogP contribution in [-0.2, 0) is 27.2 Å². The molecule has 0 fully saturated rings. The fraction of sp³-hybridized carbons (Fsp3) is 0.281. The Balaban J connectivity index is 1.31. The van der Waals surface area contributed by atoms with E-state index in [-0.39, 0.29) is 18.9 Å². The Hall–Kier alpha value is -4.44. The number of nitrogens with one attached hydrogen (secondary N) is 1. The zero-order chi connectivity index (χ0) is 29.6. The summed E-state index contributed by atoms with van der Waals surface area (Å²) in [5, 5.41) is 18.6. The van der Waals surface area contributed by atoms with Gasteiger partial charge in [-0.15, -0.1) is 0 Å². The van der Waals surface area contributed by atoms with Gasteiger partial charge < -0.3 is 15.2 Å². The number of carboxylic acid groups (broad SMARTS) is 1. The molecule has 3 aromatic carbocycles. The van der Waals surface area contributed by atoms with E-state index in [1.165, 1.54) is 17.3 Å². The summed E-state index contributed by atoms with van der Waals surface area (Å²) in [7, 11) is 1.62. The van der Waals surface area contributed by atoms with Crippen molar-refractivity contribution in [2.45, 2.75) is 49.9 Å². The predicted molar refractivity (Wildman–Crippen MR) is 163 cm³/mol. The van der Waals surface area contributed by atoms with E-state index >= 15 is 0 Å². The second-order valence-corrected chi connectivity index (χ2v) is 11.3. The highest BCUT2D eigenvalue weighted by Crippen LogP contribution is 2.38. The van der Waals surface area contributed by atoms with Crippen LogP contribution in [0, 0.1) is 0 Å². The van der Waals surface area contributed by atoms with Crippen molar-refractivity contribution < 1.29 is 24.2 Å². The number of aliphatic imine (C=N–C) groups is 1. The first-order chi connectivity index (χ1) is 20.3. The lowest BCUT2D eigenvalue weighted by Crippen LogP contribution is -2.43. The van der Waals surface area contributed by atoms with Crippen LogP contribution in [0.3, 0.4) is 0 Å². The van der Waals surface area contributed by atoms with Crippen molar-refractivity contribution in [1.29, 1.82) is 0 Å². The van der Waals surface area contributed by atoms with Crippen molar-refractivity contribution in [1.82, 2.24) is 10.3 Å². The number of nitrogens with zero attached hydrogens (tertiary/aromatic N) is 3. The van der Waals surface area contributed by atoms with Crippen molar-refractivity contribution in [3.63, 3.8) is 0 Å². The Morgan fingerprint density at radius 2 is 1.76 bits per heavy atom. The summed E-state index contributed by atoms with van der Waals surface area (Å²) in [5.74, 6) is -1.34. The zero-order valence-electron chi connectivity index (χ0n) is 23.4. The van der Waals surface area contributed by atoms with Crippen LogP contribution in [0.4, 0.5) is 0 Å². The number of ether oxygens (including phenoxy) is 1. The maximum absolute atomic E-state index is 12.9. The second-order valence-electron chi connectivity index (χ2n) is 10.1. The molecule has 5 rings (SSSR count). The van der Waals surface area contributed by atoms with Gasteiger partial charge in [-0.25, -0.2) is 9.80 Å². The van der Waals surface area contributed by atoms with E-state index < -0.39 is 29.1 Å². The molecule has 0 aromatic heterocycles. The number of hydrogen-bond donors (Lipinski definition) is 2. The van der Waals surface area contributed by atoms with Gasteiger partial charge in [0.05, 0.1) is 18.9 Å². The van der Waals surface area contributed by atoms with Gasteiger partial charge in [0.15, 0.2) is 5.17 Å². The minimum atomic E-state index is -1.14. The van der Waals surface area contributed by atoms with Crippen molar-refractivity contribution in [2.75, 3.05) is 7.11 Å². The zero-order valence-corrected chi connectivity index (χ0v) is 24.2. The van der Waals surface area contributed by atoms with E-state index in [0.29, 0.717) is 11.6 Å². The van der Waals surface area contributed by atoms with Crippen LogP contribution in [0.2, 0.25) is 0 Å². The average Bonchev–Trinajstić information content (AvgIpc) is 3.61. The monoisotopic (exact) mass is 584 g/mol. The molecule has 2 N–H and O–H groups in total. The van der Waals surface area contributed by atoms with Gasteiger partial charge in [-0.05, 0) is 52.9 Å². The Labute approximate surface area is 248 Å². The molecule has 2 aliphatic rings. The number of hydrogen-bond acceptors (Lipinski definition) is 7. The maximum atomic E-state index is 12.9. The van der Waals surface area contributed by atoms with Gasteiger partial charge in [0.25, 0.3) is 5.91 Å². The number of carbonyl (C=O) groups is 3. The van der Waals surface area contributed by atoms with Gasteiger partial charge >= 0.3 is 5.97 Å². The van der Waals surface area contributed by atoms with E-state index in [4.69, 9.17) is 9.84 Å². The first-order valence-electron chi connectivity index (χ1n) is 13.8. The quantitative estimate of drug-likeness (QED) is 0.357. The molecule has 0 radical (unpaired) electrons. The number of thioether (sulfide) groups is 1. The van der Waals surface area contributed by atoms with E-state index in [9.17, 15) is 19.5 Å². The van der Waals surface area contributed by atoms with Gasteiger partial charge in [0, 0.05) is 19.3 Å². The number of benzene rings is 3.